The number of benzene rings is 1. The Balaban J connectivity index is 1.92. The summed E-state index contributed by atoms with van der Waals surface area (Å²) < 4.78 is 14.3. The van der Waals surface area contributed by atoms with Crippen LogP contribution in [0.25, 0.3) is 0 Å². The van der Waals surface area contributed by atoms with Gasteiger partial charge in [0.1, 0.15) is 5.82 Å². The molecule has 0 radical (unpaired) electrons. The lowest BCUT2D eigenvalue weighted by molar-refractivity contribution is -0.380. The van der Waals surface area contributed by atoms with Gasteiger partial charge in [0.15, 0.2) is 0 Å². The van der Waals surface area contributed by atoms with Crippen LogP contribution >= 0.6 is 27.3 Å². The second-order valence-corrected chi connectivity index (χ2v) is 5.69. The van der Waals surface area contributed by atoms with Crippen molar-refractivity contribution < 1.29 is 9.31 Å². The number of thiophene rings is 1. The standard InChI is InChI=1S/C12H10BrFN2O2S/c13-10-1-2-11(14)9(4-10)6-15-5-8-3-12(16(17)18)19-7-8/h1-4,7,15H,5-6H2. The first-order valence-electron chi connectivity index (χ1n) is 5.42. The first-order valence-corrected chi connectivity index (χ1v) is 7.10. The summed E-state index contributed by atoms with van der Waals surface area (Å²) in [6.07, 6.45) is 0. The molecule has 2 aromatic rings. The molecular formula is C12H10BrFN2O2S. The summed E-state index contributed by atoms with van der Waals surface area (Å²) in [4.78, 5) is 10.1. The van der Waals surface area contributed by atoms with Gasteiger partial charge in [0.05, 0.1) is 4.92 Å². The molecule has 0 atom stereocenters. The maximum absolute atomic E-state index is 13.5. The predicted octanol–water partition coefficient (Wildman–Crippen LogP) is 3.85. The maximum Gasteiger partial charge on any atom is 0.324 e. The molecule has 4 nitrogen and oxygen atoms in total. The van der Waals surface area contributed by atoms with Crippen LogP contribution in [0.15, 0.2) is 34.1 Å². The summed E-state index contributed by atoms with van der Waals surface area (Å²) in [5.74, 6) is -0.271. The summed E-state index contributed by atoms with van der Waals surface area (Å²) in [7, 11) is 0. The molecule has 7 heteroatoms. The van der Waals surface area contributed by atoms with Crippen LogP contribution in [-0.4, -0.2) is 4.92 Å². The van der Waals surface area contributed by atoms with Crippen LogP contribution < -0.4 is 5.32 Å². The number of halogens is 2. The quantitative estimate of drug-likeness (QED) is 0.662. The molecule has 0 aliphatic rings. The van der Waals surface area contributed by atoms with Crippen molar-refractivity contribution in [2.45, 2.75) is 13.1 Å². The third kappa shape index (κ3) is 3.82. The van der Waals surface area contributed by atoms with Gasteiger partial charge in [-0.3, -0.25) is 10.1 Å². The fraction of sp³-hybridized carbons (Fsp3) is 0.167. The lowest BCUT2D eigenvalue weighted by Gasteiger charge is -2.05. The number of nitrogens with one attached hydrogen (secondary N) is 1. The normalized spacial score (nSPS) is 10.6. The van der Waals surface area contributed by atoms with Crippen molar-refractivity contribution in [3.05, 3.63) is 61.2 Å². The van der Waals surface area contributed by atoms with E-state index in [2.05, 4.69) is 21.2 Å². The molecule has 0 saturated carbocycles. The van der Waals surface area contributed by atoms with E-state index in [-0.39, 0.29) is 10.8 Å². The number of rotatable bonds is 5. The SMILES string of the molecule is O=[N+]([O-])c1cc(CNCc2cc(Br)ccc2F)cs1. The molecule has 1 N–H and O–H groups in total. The summed E-state index contributed by atoms with van der Waals surface area (Å²) >= 11 is 4.37. The highest BCUT2D eigenvalue weighted by Gasteiger charge is 2.09. The lowest BCUT2D eigenvalue weighted by Crippen LogP contribution is -2.13. The molecule has 19 heavy (non-hydrogen) atoms. The Bertz CT molecular complexity index is 603. The average molecular weight is 345 g/mol. The average Bonchev–Trinajstić information content (AvgIpc) is 2.82. The molecule has 0 unspecified atom stereocenters. The Morgan fingerprint density at radius 2 is 2.16 bits per heavy atom. The minimum Gasteiger partial charge on any atom is -0.308 e. The van der Waals surface area contributed by atoms with Crippen molar-refractivity contribution in [1.82, 2.24) is 5.32 Å². The molecule has 0 saturated heterocycles. The fourth-order valence-corrected chi connectivity index (χ4v) is 2.71. The van der Waals surface area contributed by atoms with Gasteiger partial charge in [-0.1, -0.05) is 27.3 Å². The summed E-state index contributed by atoms with van der Waals surface area (Å²) in [5.41, 5.74) is 1.38. The van der Waals surface area contributed by atoms with E-state index in [0.717, 1.165) is 21.4 Å². The first-order chi connectivity index (χ1) is 9.06. The zero-order chi connectivity index (χ0) is 13.8. The molecule has 0 bridgehead atoms. The summed E-state index contributed by atoms with van der Waals surface area (Å²) in [6, 6.07) is 6.27. The van der Waals surface area contributed by atoms with Crippen molar-refractivity contribution in [3.8, 4) is 0 Å². The monoisotopic (exact) mass is 344 g/mol. The van der Waals surface area contributed by atoms with Gasteiger partial charge in [-0.15, -0.1) is 0 Å². The van der Waals surface area contributed by atoms with E-state index in [1.165, 1.54) is 12.1 Å². The van der Waals surface area contributed by atoms with E-state index in [1.807, 2.05) is 0 Å². The molecule has 0 amide bonds. The van der Waals surface area contributed by atoms with Gasteiger partial charge < -0.3 is 5.32 Å². The van der Waals surface area contributed by atoms with Crippen molar-refractivity contribution >= 4 is 32.3 Å². The molecule has 0 fully saturated rings. The topological polar surface area (TPSA) is 55.2 Å². The minimum absolute atomic E-state index is 0.116. The van der Waals surface area contributed by atoms with Crippen molar-refractivity contribution in [2.75, 3.05) is 0 Å². The number of hydrogen-bond acceptors (Lipinski definition) is 4. The molecule has 2 rings (SSSR count). The summed E-state index contributed by atoms with van der Waals surface area (Å²) in [5, 5.41) is 15.4. The van der Waals surface area contributed by atoms with E-state index < -0.39 is 4.92 Å². The van der Waals surface area contributed by atoms with Crippen LogP contribution in [0.3, 0.4) is 0 Å². The van der Waals surface area contributed by atoms with Gasteiger partial charge in [-0.05, 0) is 23.8 Å². The van der Waals surface area contributed by atoms with Gasteiger partial charge in [-0.2, -0.15) is 0 Å². The zero-order valence-electron chi connectivity index (χ0n) is 9.73. The van der Waals surface area contributed by atoms with Crippen LogP contribution in [-0.2, 0) is 13.1 Å². The van der Waals surface area contributed by atoms with E-state index in [9.17, 15) is 14.5 Å². The van der Waals surface area contributed by atoms with Crippen LogP contribution in [0.4, 0.5) is 9.39 Å². The highest BCUT2D eigenvalue weighted by Crippen LogP contribution is 2.22. The number of nitrogens with zero attached hydrogens (tertiary/aromatic N) is 1. The van der Waals surface area contributed by atoms with Gasteiger partial charge in [0.2, 0.25) is 0 Å². The Hall–Kier alpha value is -1.31. The molecular weight excluding hydrogens is 335 g/mol. The minimum atomic E-state index is -0.415. The second kappa shape index (κ2) is 6.23. The first kappa shape index (κ1) is 14.1. The summed E-state index contributed by atoms with van der Waals surface area (Å²) in [6.45, 7) is 0.839. The zero-order valence-corrected chi connectivity index (χ0v) is 12.1. The Labute approximate surface area is 121 Å². The second-order valence-electron chi connectivity index (χ2n) is 3.89. The Kier molecular flexibility index (Phi) is 4.62. The molecule has 1 heterocycles. The molecule has 100 valence electrons. The third-order valence-corrected chi connectivity index (χ3v) is 3.89. The van der Waals surface area contributed by atoms with E-state index in [1.54, 1.807) is 17.5 Å². The van der Waals surface area contributed by atoms with Crippen molar-refractivity contribution in [3.63, 3.8) is 0 Å². The van der Waals surface area contributed by atoms with E-state index >= 15 is 0 Å². The van der Waals surface area contributed by atoms with E-state index in [0.29, 0.717) is 18.7 Å². The van der Waals surface area contributed by atoms with Crippen LogP contribution in [0.1, 0.15) is 11.1 Å². The molecule has 1 aromatic carbocycles. The molecule has 0 aliphatic heterocycles. The third-order valence-electron chi connectivity index (χ3n) is 2.47. The van der Waals surface area contributed by atoms with Crippen LogP contribution in [0.5, 0.6) is 0 Å². The predicted molar refractivity (Wildman–Crippen MR) is 75.6 cm³/mol. The van der Waals surface area contributed by atoms with Gasteiger partial charge in [-0.25, -0.2) is 4.39 Å². The smallest absolute Gasteiger partial charge is 0.308 e. The molecule has 0 spiro atoms. The Morgan fingerprint density at radius 3 is 2.84 bits per heavy atom. The largest absolute Gasteiger partial charge is 0.324 e. The highest BCUT2D eigenvalue weighted by atomic mass is 79.9. The number of nitro groups is 1. The Morgan fingerprint density at radius 1 is 1.37 bits per heavy atom. The fourth-order valence-electron chi connectivity index (χ4n) is 1.57. The van der Waals surface area contributed by atoms with Gasteiger partial charge in [0.25, 0.3) is 0 Å². The van der Waals surface area contributed by atoms with Gasteiger partial charge >= 0.3 is 5.00 Å². The van der Waals surface area contributed by atoms with E-state index in [4.69, 9.17) is 0 Å². The highest BCUT2D eigenvalue weighted by molar-refractivity contribution is 9.10. The van der Waals surface area contributed by atoms with Crippen molar-refractivity contribution in [1.29, 1.82) is 0 Å². The van der Waals surface area contributed by atoms with Crippen molar-refractivity contribution in [2.24, 2.45) is 0 Å². The molecule has 1 aromatic heterocycles. The van der Waals surface area contributed by atoms with Crippen LogP contribution in [0.2, 0.25) is 0 Å². The number of hydrogen-bond donors (Lipinski definition) is 1. The van der Waals surface area contributed by atoms with Gasteiger partial charge in [0, 0.05) is 34.6 Å². The van der Waals surface area contributed by atoms with Crippen LogP contribution in [0, 0.1) is 15.9 Å². The maximum atomic E-state index is 13.5. The lowest BCUT2D eigenvalue weighted by atomic mass is 10.2. The molecule has 0 aliphatic carbocycles.